The summed E-state index contributed by atoms with van der Waals surface area (Å²) < 4.78 is 5.98. The van der Waals surface area contributed by atoms with E-state index in [1.165, 1.54) is 0 Å². The van der Waals surface area contributed by atoms with E-state index in [-0.39, 0.29) is 12.4 Å². The van der Waals surface area contributed by atoms with Crippen LogP contribution in [-0.4, -0.2) is 0 Å². The highest BCUT2D eigenvalue weighted by molar-refractivity contribution is 6.31. The van der Waals surface area contributed by atoms with Crippen LogP contribution in [0.15, 0.2) is 78.9 Å². The number of para-hydroxylation sites is 1. The molecule has 2 nitrogen and oxygen atoms in total. The van der Waals surface area contributed by atoms with E-state index in [1.54, 1.807) is 0 Å². The molecule has 0 atom stereocenters. The van der Waals surface area contributed by atoms with Gasteiger partial charge in [0.2, 0.25) is 0 Å². The molecule has 0 saturated heterocycles. The second kappa shape index (κ2) is 10.1. The summed E-state index contributed by atoms with van der Waals surface area (Å²) in [5.74, 6) is 0.910. The van der Waals surface area contributed by atoms with E-state index in [2.05, 4.69) is 23.5 Å². The summed E-state index contributed by atoms with van der Waals surface area (Å²) in [5.41, 5.74) is 3.40. The summed E-state index contributed by atoms with van der Waals surface area (Å²) >= 11 is 6.19. The van der Waals surface area contributed by atoms with E-state index in [1.807, 2.05) is 60.7 Å². The van der Waals surface area contributed by atoms with Crippen molar-refractivity contribution >= 4 is 24.0 Å². The first-order valence-corrected chi connectivity index (χ1v) is 8.39. The van der Waals surface area contributed by atoms with Crippen molar-refractivity contribution in [3.05, 3.63) is 101 Å². The van der Waals surface area contributed by atoms with E-state index in [4.69, 9.17) is 16.3 Å². The molecule has 25 heavy (non-hydrogen) atoms. The maximum absolute atomic E-state index is 6.19. The van der Waals surface area contributed by atoms with Crippen LogP contribution >= 0.6 is 24.0 Å². The van der Waals surface area contributed by atoms with Gasteiger partial charge in [-0.25, -0.2) is 0 Å². The molecule has 0 aliphatic rings. The Morgan fingerprint density at radius 3 is 2.08 bits per heavy atom. The Bertz CT molecular complexity index is 778. The largest absolute Gasteiger partial charge is 0.489 e. The topological polar surface area (TPSA) is 21.3 Å². The fourth-order valence-corrected chi connectivity index (χ4v) is 2.70. The van der Waals surface area contributed by atoms with Crippen molar-refractivity contribution in [3.8, 4) is 5.75 Å². The first kappa shape index (κ1) is 19.3. The molecule has 0 radical (unpaired) electrons. The van der Waals surface area contributed by atoms with Crippen LogP contribution in [0.1, 0.15) is 16.7 Å². The Labute approximate surface area is 160 Å². The second-order valence-corrected chi connectivity index (χ2v) is 5.98. The fraction of sp³-hybridized carbons (Fsp3) is 0.143. The number of benzene rings is 3. The molecule has 0 aromatic heterocycles. The lowest BCUT2D eigenvalue weighted by Crippen LogP contribution is -2.14. The summed E-state index contributed by atoms with van der Waals surface area (Å²) in [6.45, 7) is 2.03. The lowest BCUT2D eigenvalue weighted by molar-refractivity contribution is 0.302. The highest BCUT2D eigenvalue weighted by atomic mass is 35.5. The first-order chi connectivity index (χ1) is 11.8. The predicted octanol–water partition coefficient (Wildman–Crippen LogP) is 5.63. The van der Waals surface area contributed by atoms with Crippen LogP contribution in [0, 0.1) is 0 Å². The molecule has 3 aromatic carbocycles. The third-order valence-electron chi connectivity index (χ3n) is 3.80. The Hall–Kier alpha value is -2.00. The molecule has 0 spiro atoms. The molecule has 3 rings (SSSR count). The lowest BCUT2D eigenvalue weighted by atomic mass is 10.2. The normalized spacial score (nSPS) is 10.1. The van der Waals surface area contributed by atoms with Gasteiger partial charge in [-0.2, -0.15) is 0 Å². The van der Waals surface area contributed by atoms with Gasteiger partial charge in [0.25, 0.3) is 0 Å². The summed E-state index contributed by atoms with van der Waals surface area (Å²) in [6, 6.07) is 26.2. The molecule has 3 aromatic rings. The van der Waals surface area contributed by atoms with Gasteiger partial charge in [0.05, 0.1) is 0 Å². The van der Waals surface area contributed by atoms with Gasteiger partial charge in [0, 0.05) is 23.7 Å². The summed E-state index contributed by atoms with van der Waals surface area (Å²) in [7, 11) is 0. The minimum Gasteiger partial charge on any atom is -0.489 e. The van der Waals surface area contributed by atoms with Crippen LogP contribution in [-0.2, 0) is 19.7 Å². The van der Waals surface area contributed by atoms with Crippen molar-refractivity contribution < 1.29 is 4.74 Å². The SMILES string of the molecule is Cl.Clc1ccccc1CNCc1ccccc1OCc1ccccc1. The number of hydrogen-bond donors (Lipinski definition) is 1. The fourth-order valence-electron chi connectivity index (χ4n) is 2.50. The van der Waals surface area contributed by atoms with E-state index in [9.17, 15) is 0 Å². The number of rotatable bonds is 7. The molecule has 1 N–H and O–H groups in total. The van der Waals surface area contributed by atoms with Crippen LogP contribution in [0.25, 0.3) is 0 Å². The minimum atomic E-state index is 0. The van der Waals surface area contributed by atoms with Gasteiger partial charge in [0.1, 0.15) is 12.4 Å². The summed E-state index contributed by atoms with van der Waals surface area (Å²) in [6.07, 6.45) is 0. The van der Waals surface area contributed by atoms with Crippen LogP contribution in [0.2, 0.25) is 5.02 Å². The van der Waals surface area contributed by atoms with E-state index < -0.39 is 0 Å². The van der Waals surface area contributed by atoms with E-state index >= 15 is 0 Å². The Morgan fingerprint density at radius 1 is 0.720 bits per heavy atom. The Balaban J connectivity index is 0.00000225. The number of nitrogens with one attached hydrogen (secondary N) is 1. The molecule has 130 valence electrons. The van der Waals surface area contributed by atoms with Gasteiger partial charge in [-0.1, -0.05) is 78.3 Å². The highest BCUT2D eigenvalue weighted by Crippen LogP contribution is 2.20. The Morgan fingerprint density at radius 2 is 1.32 bits per heavy atom. The molecule has 0 aliphatic heterocycles. The molecule has 0 saturated carbocycles. The van der Waals surface area contributed by atoms with Gasteiger partial charge in [-0.3, -0.25) is 0 Å². The maximum Gasteiger partial charge on any atom is 0.124 e. The van der Waals surface area contributed by atoms with Crippen molar-refractivity contribution in [2.45, 2.75) is 19.7 Å². The zero-order valence-electron chi connectivity index (χ0n) is 13.8. The van der Waals surface area contributed by atoms with Crippen molar-refractivity contribution in [2.75, 3.05) is 0 Å². The second-order valence-electron chi connectivity index (χ2n) is 5.58. The standard InChI is InChI=1S/C21H20ClNO.ClH/c22-20-12-6-4-10-18(20)14-23-15-19-11-5-7-13-21(19)24-16-17-8-2-1-3-9-17;/h1-13,23H,14-16H2;1H. The molecule has 0 fully saturated rings. The maximum atomic E-state index is 6.19. The molecule has 0 amide bonds. The van der Waals surface area contributed by atoms with Gasteiger partial charge in [-0.15, -0.1) is 12.4 Å². The van der Waals surface area contributed by atoms with Crippen LogP contribution < -0.4 is 10.1 Å². The van der Waals surface area contributed by atoms with E-state index in [0.29, 0.717) is 6.61 Å². The van der Waals surface area contributed by atoms with Crippen molar-refractivity contribution in [3.63, 3.8) is 0 Å². The predicted molar refractivity (Wildman–Crippen MR) is 106 cm³/mol. The molecule has 0 aliphatic carbocycles. The molecule has 0 bridgehead atoms. The average molecular weight is 374 g/mol. The zero-order chi connectivity index (χ0) is 16.6. The lowest BCUT2D eigenvalue weighted by Gasteiger charge is -2.13. The van der Waals surface area contributed by atoms with Gasteiger partial charge >= 0.3 is 0 Å². The summed E-state index contributed by atoms with van der Waals surface area (Å²) in [5, 5.41) is 4.22. The Kier molecular flexibility index (Phi) is 7.80. The minimum absolute atomic E-state index is 0. The van der Waals surface area contributed by atoms with Crippen LogP contribution in [0.5, 0.6) is 5.75 Å². The molecular formula is C21H21Cl2NO. The van der Waals surface area contributed by atoms with Crippen LogP contribution in [0.4, 0.5) is 0 Å². The average Bonchev–Trinajstić information content (AvgIpc) is 2.63. The number of halogens is 2. The molecule has 0 unspecified atom stereocenters. The van der Waals surface area contributed by atoms with Crippen molar-refractivity contribution in [1.29, 1.82) is 0 Å². The van der Waals surface area contributed by atoms with E-state index in [0.717, 1.165) is 40.6 Å². The monoisotopic (exact) mass is 373 g/mol. The third kappa shape index (κ3) is 5.79. The first-order valence-electron chi connectivity index (χ1n) is 8.01. The van der Waals surface area contributed by atoms with Crippen molar-refractivity contribution in [2.24, 2.45) is 0 Å². The van der Waals surface area contributed by atoms with Gasteiger partial charge in [0.15, 0.2) is 0 Å². The summed E-state index contributed by atoms with van der Waals surface area (Å²) in [4.78, 5) is 0. The molecule has 4 heteroatoms. The van der Waals surface area contributed by atoms with Crippen LogP contribution in [0.3, 0.4) is 0 Å². The quantitative estimate of drug-likeness (QED) is 0.579. The van der Waals surface area contributed by atoms with Gasteiger partial charge < -0.3 is 10.1 Å². The highest BCUT2D eigenvalue weighted by Gasteiger charge is 2.04. The smallest absolute Gasteiger partial charge is 0.124 e. The zero-order valence-corrected chi connectivity index (χ0v) is 15.4. The van der Waals surface area contributed by atoms with Gasteiger partial charge in [-0.05, 0) is 23.3 Å². The van der Waals surface area contributed by atoms with Crippen molar-refractivity contribution in [1.82, 2.24) is 5.32 Å². The third-order valence-corrected chi connectivity index (χ3v) is 4.17. The number of hydrogen-bond acceptors (Lipinski definition) is 2. The molecular weight excluding hydrogens is 353 g/mol. The number of ether oxygens (including phenoxy) is 1. The molecule has 0 heterocycles.